The van der Waals surface area contributed by atoms with Crippen LogP contribution in [0.4, 0.5) is 11.5 Å². The SMILES string of the molecule is CCCCCCC(=O)c1ccccc1Nc1ncnc2c1ncn2C(C)C. The van der Waals surface area contributed by atoms with Gasteiger partial charge in [-0.25, -0.2) is 15.0 Å². The van der Waals surface area contributed by atoms with Crippen molar-refractivity contribution in [2.24, 2.45) is 0 Å². The summed E-state index contributed by atoms with van der Waals surface area (Å²) in [5.41, 5.74) is 2.95. The van der Waals surface area contributed by atoms with E-state index in [-0.39, 0.29) is 11.8 Å². The van der Waals surface area contributed by atoms with E-state index >= 15 is 0 Å². The molecule has 0 spiro atoms. The van der Waals surface area contributed by atoms with Crippen molar-refractivity contribution in [1.29, 1.82) is 0 Å². The van der Waals surface area contributed by atoms with E-state index in [1.54, 1.807) is 6.33 Å². The summed E-state index contributed by atoms with van der Waals surface area (Å²) in [6.45, 7) is 6.34. The van der Waals surface area contributed by atoms with Gasteiger partial charge in [0.15, 0.2) is 22.8 Å². The van der Waals surface area contributed by atoms with Gasteiger partial charge < -0.3 is 9.88 Å². The average molecular weight is 365 g/mol. The number of carbonyl (C=O) groups is 1. The monoisotopic (exact) mass is 365 g/mol. The van der Waals surface area contributed by atoms with Gasteiger partial charge in [0, 0.05) is 18.0 Å². The number of aromatic nitrogens is 4. The van der Waals surface area contributed by atoms with Crippen LogP contribution in [0, 0.1) is 0 Å². The first-order valence-corrected chi connectivity index (χ1v) is 9.68. The van der Waals surface area contributed by atoms with Crippen LogP contribution in [0.5, 0.6) is 0 Å². The van der Waals surface area contributed by atoms with Crippen LogP contribution >= 0.6 is 0 Å². The zero-order valence-electron chi connectivity index (χ0n) is 16.3. The first-order chi connectivity index (χ1) is 13.1. The van der Waals surface area contributed by atoms with Crippen LogP contribution in [-0.4, -0.2) is 25.3 Å². The van der Waals surface area contributed by atoms with Crippen molar-refractivity contribution in [1.82, 2.24) is 19.5 Å². The Balaban J connectivity index is 1.84. The number of imidazole rings is 1. The maximum atomic E-state index is 12.7. The second-order valence-corrected chi connectivity index (χ2v) is 7.04. The van der Waals surface area contributed by atoms with Gasteiger partial charge in [0.1, 0.15) is 6.33 Å². The lowest BCUT2D eigenvalue weighted by molar-refractivity contribution is 0.0980. The average Bonchev–Trinajstić information content (AvgIpc) is 3.11. The summed E-state index contributed by atoms with van der Waals surface area (Å²) in [6.07, 6.45) is 8.23. The number of Topliss-reactive ketones (excluding diaryl/α,β-unsaturated/α-hetero) is 1. The van der Waals surface area contributed by atoms with Crippen molar-refractivity contribution in [2.75, 3.05) is 5.32 Å². The molecule has 1 N–H and O–H groups in total. The van der Waals surface area contributed by atoms with Gasteiger partial charge in [-0.1, -0.05) is 38.3 Å². The fraction of sp³-hybridized carbons (Fsp3) is 0.429. The maximum Gasteiger partial charge on any atom is 0.165 e. The molecule has 0 atom stereocenters. The normalized spacial score (nSPS) is 11.3. The number of para-hydroxylation sites is 1. The highest BCUT2D eigenvalue weighted by Crippen LogP contribution is 2.26. The zero-order valence-corrected chi connectivity index (χ0v) is 16.3. The van der Waals surface area contributed by atoms with Crippen molar-refractivity contribution < 1.29 is 4.79 Å². The summed E-state index contributed by atoms with van der Waals surface area (Å²) >= 11 is 0. The molecule has 0 saturated heterocycles. The lowest BCUT2D eigenvalue weighted by Crippen LogP contribution is -2.06. The van der Waals surface area contributed by atoms with E-state index in [4.69, 9.17) is 0 Å². The fourth-order valence-corrected chi connectivity index (χ4v) is 3.13. The van der Waals surface area contributed by atoms with Crippen LogP contribution in [0.1, 0.15) is 69.3 Å². The van der Waals surface area contributed by atoms with Crippen LogP contribution in [0.25, 0.3) is 11.2 Å². The molecule has 1 aromatic carbocycles. The number of ketones is 1. The Kier molecular flexibility index (Phi) is 6.16. The fourth-order valence-electron chi connectivity index (χ4n) is 3.13. The molecular formula is C21H27N5O. The first-order valence-electron chi connectivity index (χ1n) is 9.68. The van der Waals surface area contributed by atoms with E-state index in [0.29, 0.717) is 23.3 Å². The molecule has 27 heavy (non-hydrogen) atoms. The van der Waals surface area contributed by atoms with Gasteiger partial charge in [0.25, 0.3) is 0 Å². The Hall–Kier alpha value is -2.76. The summed E-state index contributed by atoms with van der Waals surface area (Å²) in [5.74, 6) is 0.776. The van der Waals surface area contributed by atoms with Crippen molar-refractivity contribution in [3.8, 4) is 0 Å². The second-order valence-electron chi connectivity index (χ2n) is 7.04. The van der Waals surface area contributed by atoms with Crippen LogP contribution < -0.4 is 5.32 Å². The van der Waals surface area contributed by atoms with E-state index in [1.807, 2.05) is 28.8 Å². The highest BCUT2D eigenvalue weighted by Gasteiger charge is 2.15. The van der Waals surface area contributed by atoms with E-state index < -0.39 is 0 Å². The molecule has 6 heteroatoms. The smallest absolute Gasteiger partial charge is 0.165 e. The summed E-state index contributed by atoms with van der Waals surface area (Å²) in [7, 11) is 0. The molecule has 3 aromatic rings. The molecule has 0 aliphatic carbocycles. The summed E-state index contributed by atoms with van der Waals surface area (Å²) < 4.78 is 2.01. The minimum atomic E-state index is 0.159. The van der Waals surface area contributed by atoms with Gasteiger partial charge in [-0.3, -0.25) is 4.79 Å². The molecular weight excluding hydrogens is 338 g/mol. The summed E-state index contributed by atoms with van der Waals surface area (Å²) in [5, 5.41) is 3.30. The molecule has 0 radical (unpaired) electrons. The van der Waals surface area contributed by atoms with Gasteiger partial charge in [-0.2, -0.15) is 0 Å². The molecule has 2 aromatic heterocycles. The third kappa shape index (κ3) is 4.32. The van der Waals surface area contributed by atoms with Gasteiger partial charge >= 0.3 is 0 Å². The third-order valence-electron chi connectivity index (χ3n) is 4.65. The standard InChI is InChI=1S/C21H27N5O/c1-4-5-6-7-12-18(27)16-10-8-9-11-17(16)25-20-19-21(23-13-22-20)26(14-24-19)15(2)3/h8-11,13-15H,4-7,12H2,1-3H3,(H,22,23,25). The van der Waals surface area contributed by atoms with E-state index in [2.05, 4.69) is 41.0 Å². The van der Waals surface area contributed by atoms with Gasteiger partial charge in [0.2, 0.25) is 0 Å². The Morgan fingerprint density at radius 2 is 1.93 bits per heavy atom. The zero-order chi connectivity index (χ0) is 19.2. The molecule has 6 nitrogen and oxygen atoms in total. The number of hydrogen-bond acceptors (Lipinski definition) is 5. The topological polar surface area (TPSA) is 72.7 Å². The number of unbranched alkanes of at least 4 members (excludes halogenated alkanes) is 3. The molecule has 0 aliphatic rings. The van der Waals surface area contributed by atoms with Crippen LogP contribution in [-0.2, 0) is 0 Å². The Labute approximate surface area is 160 Å². The molecule has 0 unspecified atom stereocenters. The second kappa shape index (κ2) is 8.75. The Bertz CT molecular complexity index is 916. The quantitative estimate of drug-likeness (QED) is 0.411. The number of carbonyl (C=O) groups excluding carboxylic acids is 1. The molecule has 0 amide bonds. The van der Waals surface area contributed by atoms with Crippen molar-refractivity contribution in [3.63, 3.8) is 0 Å². The minimum Gasteiger partial charge on any atom is -0.338 e. The number of fused-ring (bicyclic) bond motifs is 1. The highest BCUT2D eigenvalue weighted by atomic mass is 16.1. The third-order valence-corrected chi connectivity index (χ3v) is 4.65. The maximum absolute atomic E-state index is 12.7. The van der Waals surface area contributed by atoms with Crippen LogP contribution in [0.3, 0.4) is 0 Å². The van der Waals surface area contributed by atoms with Crippen LogP contribution in [0.2, 0.25) is 0 Å². The number of anilines is 2. The first kappa shape index (κ1) is 19.0. The Morgan fingerprint density at radius 1 is 1.11 bits per heavy atom. The van der Waals surface area contributed by atoms with Crippen molar-refractivity contribution in [3.05, 3.63) is 42.5 Å². The van der Waals surface area contributed by atoms with Gasteiger partial charge in [-0.05, 0) is 32.4 Å². The van der Waals surface area contributed by atoms with Gasteiger partial charge in [0.05, 0.1) is 12.0 Å². The van der Waals surface area contributed by atoms with E-state index in [0.717, 1.165) is 24.2 Å². The lowest BCUT2D eigenvalue weighted by atomic mass is 10.0. The predicted molar refractivity (Wildman–Crippen MR) is 109 cm³/mol. The summed E-state index contributed by atoms with van der Waals surface area (Å²) in [6, 6.07) is 7.85. The highest BCUT2D eigenvalue weighted by molar-refractivity contribution is 6.02. The number of hydrogen-bond donors (Lipinski definition) is 1. The molecule has 0 aliphatic heterocycles. The molecule has 2 heterocycles. The van der Waals surface area contributed by atoms with Gasteiger partial charge in [-0.15, -0.1) is 0 Å². The van der Waals surface area contributed by atoms with E-state index in [9.17, 15) is 4.79 Å². The lowest BCUT2D eigenvalue weighted by Gasteiger charge is -2.11. The molecule has 0 fully saturated rings. The largest absolute Gasteiger partial charge is 0.338 e. The Morgan fingerprint density at radius 3 is 2.70 bits per heavy atom. The molecule has 3 rings (SSSR count). The van der Waals surface area contributed by atoms with Crippen molar-refractivity contribution >= 4 is 28.5 Å². The molecule has 142 valence electrons. The number of benzene rings is 1. The number of rotatable bonds is 9. The van der Waals surface area contributed by atoms with Crippen LogP contribution in [0.15, 0.2) is 36.9 Å². The number of nitrogens with zero attached hydrogens (tertiary/aromatic N) is 4. The minimum absolute atomic E-state index is 0.159. The number of nitrogens with one attached hydrogen (secondary N) is 1. The molecule has 0 saturated carbocycles. The summed E-state index contributed by atoms with van der Waals surface area (Å²) in [4.78, 5) is 25.9. The molecule has 0 bridgehead atoms. The van der Waals surface area contributed by atoms with Crippen molar-refractivity contribution in [2.45, 2.75) is 58.9 Å². The predicted octanol–water partition coefficient (Wildman–Crippen LogP) is 5.30. The van der Waals surface area contributed by atoms with E-state index in [1.165, 1.54) is 19.2 Å².